The molecular formula is C21H29N5O4. The second kappa shape index (κ2) is 9.15. The van der Waals surface area contributed by atoms with Gasteiger partial charge in [0.2, 0.25) is 11.8 Å². The van der Waals surface area contributed by atoms with Gasteiger partial charge in [-0.05, 0) is 46.1 Å². The highest BCUT2D eigenvalue weighted by Crippen LogP contribution is 2.34. The summed E-state index contributed by atoms with van der Waals surface area (Å²) in [4.78, 5) is 28.4. The van der Waals surface area contributed by atoms with Gasteiger partial charge in [0.1, 0.15) is 5.60 Å². The molecule has 3 rings (SSSR count). The molecule has 1 fully saturated rings. The lowest BCUT2D eigenvalue weighted by Gasteiger charge is -2.21. The Bertz CT molecular complexity index is 890. The van der Waals surface area contributed by atoms with E-state index in [1.165, 1.54) is 7.11 Å². The molecule has 3 N–H and O–H groups in total. The number of carbonyl (C=O) groups excluding carboxylic acids is 2. The van der Waals surface area contributed by atoms with Crippen molar-refractivity contribution in [1.29, 1.82) is 0 Å². The van der Waals surface area contributed by atoms with E-state index in [9.17, 15) is 9.59 Å². The zero-order valence-corrected chi connectivity index (χ0v) is 17.8. The van der Waals surface area contributed by atoms with Crippen molar-refractivity contribution >= 4 is 17.8 Å². The van der Waals surface area contributed by atoms with Crippen LogP contribution in [0.1, 0.15) is 57.2 Å². The Morgan fingerprint density at radius 2 is 2.10 bits per heavy atom. The molecule has 2 heterocycles. The minimum atomic E-state index is -0.515. The molecule has 30 heavy (non-hydrogen) atoms. The average molecular weight is 415 g/mol. The van der Waals surface area contributed by atoms with Crippen molar-refractivity contribution in [3.05, 3.63) is 35.7 Å². The van der Waals surface area contributed by atoms with Gasteiger partial charge in [0.15, 0.2) is 5.82 Å². The number of rotatable bonds is 6. The SMILES string of the molecule is COc1ncccc1CC(=O)Nc1cc([C@H]2CC[C@@H](NC(=O)OC(C)(C)C)C2)[nH]n1. The van der Waals surface area contributed by atoms with Gasteiger partial charge in [-0.1, -0.05) is 6.07 Å². The summed E-state index contributed by atoms with van der Waals surface area (Å²) in [7, 11) is 1.52. The molecule has 1 saturated carbocycles. The quantitative estimate of drug-likeness (QED) is 0.667. The lowest BCUT2D eigenvalue weighted by molar-refractivity contribution is -0.115. The fourth-order valence-corrected chi connectivity index (χ4v) is 3.58. The number of aromatic amines is 1. The first kappa shape index (κ1) is 21.6. The minimum Gasteiger partial charge on any atom is -0.481 e. The molecule has 1 aliphatic carbocycles. The number of hydrogen-bond acceptors (Lipinski definition) is 6. The molecule has 0 aliphatic heterocycles. The van der Waals surface area contributed by atoms with E-state index in [-0.39, 0.29) is 24.3 Å². The zero-order valence-electron chi connectivity index (χ0n) is 17.8. The molecule has 1 aliphatic rings. The number of amides is 2. The molecule has 2 atom stereocenters. The van der Waals surface area contributed by atoms with Crippen LogP contribution in [0, 0.1) is 0 Å². The average Bonchev–Trinajstić information content (AvgIpc) is 3.30. The summed E-state index contributed by atoms with van der Waals surface area (Å²) in [5, 5.41) is 12.9. The molecular weight excluding hydrogens is 386 g/mol. The summed E-state index contributed by atoms with van der Waals surface area (Å²) in [5.74, 6) is 0.947. The number of hydrogen-bond donors (Lipinski definition) is 3. The highest BCUT2D eigenvalue weighted by Gasteiger charge is 2.29. The zero-order chi connectivity index (χ0) is 21.7. The highest BCUT2D eigenvalue weighted by molar-refractivity contribution is 5.91. The number of H-pyrrole nitrogens is 1. The normalized spacial score (nSPS) is 18.7. The Morgan fingerprint density at radius 1 is 1.30 bits per heavy atom. The standard InChI is InChI=1S/C21H29N5O4/c1-21(2,3)30-20(28)23-15-8-7-13(10-15)16-12-17(26-25-16)24-18(27)11-14-6-5-9-22-19(14)29-4/h5-6,9,12-13,15H,7-8,10-11H2,1-4H3,(H,23,28)(H2,24,25,26,27)/t13-,15+/m0/s1. The molecule has 0 bridgehead atoms. The minimum absolute atomic E-state index is 0.0595. The van der Waals surface area contributed by atoms with Gasteiger partial charge in [0, 0.05) is 35.5 Å². The van der Waals surface area contributed by atoms with Gasteiger partial charge in [-0.3, -0.25) is 9.89 Å². The van der Waals surface area contributed by atoms with Gasteiger partial charge >= 0.3 is 6.09 Å². The Hall–Kier alpha value is -3.10. The first-order valence-electron chi connectivity index (χ1n) is 10.1. The fourth-order valence-electron chi connectivity index (χ4n) is 3.58. The maximum absolute atomic E-state index is 12.4. The van der Waals surface area contributed by atoms with E-state index in [0.29, 0.717) is 17.3 Å². The van der Waals surface area contributed by atoms with Crippen LogP contribution >= 0.6 is 0 Å². The number of ether oxygens (including phenoxy) is 2. The first-order valence-corrected chi connectivity index (χ1v) is 10.1. The maximum Gasteiger partial charge on any atom is 0.407 e. The molecule has 2 aromatic rings. The summed E-state index contributed by atoms with van der Waals surface area (Å²) in [6.07, 6.45) is 3.95. The third-order valence-corrected chi connectivity index (χ3v) is 4.85. The molecule has 0 unspecified atom stereocenters. The Morgan fingerprint density at radius 3 is 2.83 bits per heavy atom. The monoisotopic (exact) mass is 415 g/mol. The van der Waals surface area contributed by atoms with Crippen molar-refractivity contribution in [2.24, 2.45) is 0 Å². The van der Waals surface area contributed by atoms with E-state index in [1.54, 1.807) is 18.3 Å². The molecule has 162 valence electrons. The van der Waals surface area contributed by atoms with Gasteiger partial charge < -0.3 is 20.1 Å². The fraction of sp³-hybridized carbons (Fsp3) is 0.524. The van der Waals surface area contributed by atoms with Crippen LogP contribution in [-0.4, -0.2) is 45.9 Å². The number of nitrogens with one attached hydrogen (secondary N) is 3. The van der Waals surface area contributed by atoms with E-state index >= 15 is 0 Å². The van der Waals surface area contributed by atoms with Crippen molar-refractivity contribution < 1.29 is 19.1 Å². The molecule has 2 amide bonds. The third-order valence-electron chi connectivity index (χ3n) is 4.85. The summed E-state index contributed by atoms with van der Waals surface area (Å²) in [6, 6.07) is 5.47. The predicted octanol–water partition coefficient (Wildman–Crippen LogP) is 3.16. The van der Waals surface area contributed by atoms with Crippen LogP contribution in [-0.2, 0) is 16.0 Å². The maximum atomic E-state index is 12.4. The molecule has 0 aromatic carbocycles. The van der Waals surface area contributed by atoms with Gasteiger partial charge in [0.05, 0.1) is 13.5 Å². The van der Waals surface area contributed by atoms with Crippen molar-refractivity contribution in [1.82, 2.24) is 20.5 Å². The van der Waals surface area contributed by atoms with Crippen LogP contribution in [0.3, 0.4) is 0 Å². The molecule has 9 heteroatoms. The van der Waals surface area contributed by atoms with Crippen molar-refractivity contribution in [3.63, 3.8) is 0 Å². The number of nitrogens with zero attached hydrogens (tertiary/aromatic N) is 2. The van der Waals surface area contributed by atoms with E-state index in [2.05, 4.69) is 25.8 Å². The molecule has 0 radical (unpaired) electrons. The van der Waals surface area contributed by atoms with Crippen molar-refractivity contribution in [2.45, 2.75) is 64.0 Å². The first-order chi connectivity index (χ1) is 14.2. The van der Waals surface area contributed by atoms with Crippen LogP contribution in [0.25, 0.3) is 0 Å². The van der Waals surface area contributed by atoms with Crippen molar-refractivity contribution in [2.75, 3.05) is 12.4 Å². The van der Waals surface area contributed by atoms with Crippen LogP contribution in [0.2, 0.25) is 0 Å². The highest BCUT2D eigenvalue weighted by atomic mass is 16.6. The van der Waals surface area contributed by atoms with Gasteiger partial charge in [0.25, 0.3) is 0 Å². The predicted molar refractivity (Wildman–Crippen MR) is 111 cm³/mol. The second-order valence-corrected chi connectivity index (χ2v) is 8.46. The van der Waals surface area contributed by atoms with Crippen LogP contribution in [0.15, 0.2) is 24.4 Å². The van der Waals surface area contributed by atoms with E-state index < -0.39 is 11.7 Å². The van der Waals surface area contributed by atoms with Gasteiger partial charge in [-0.15, -0.1) is 0 Å². The summed E-state index contributed by atoms with van der Waals surface area (Å²) >= 11 is 0. The topological polar surface area (TPSA) is 118 Å². The largest absolute Gasteiger partial charge is 0.481 e. The molecule has 0 saturated heterocycles. The Kier molecular flexibility index (Phi) is 6.59. The number of methoxy groups -OCH3 is 1. The molecule has 2 aromatic heterocycles. The lowest BCUT2D eigenvalue weighted by atomic mass is 10.0. The van der Waals surface area contributed by atoms with E-state index in [4.69, 9.17) is 9.47 Å². The summed E-state index contributed by atoms with van der Waals surface area (Å²) in [5.41, 5.74) is 1.14. The third kappa shape index (κ3) is 5.95. The Labute approximate surface area is 175 Å². The number of carbonyl (C=O) groups is 2. The second-order valence-electron chi connectivity index (χ2n) is 8.46. The number of alkyl carbamates (subject to hydrolysis) is 1. The van der Waals surface area contributed by atoms with Crippen LogP contribution < -0.4 is 15.4 Å². The van der Waals surface area contributed by atoms with Crippen LogP contribution in [0.5, 0.6) is 5.88 Å². The Balaban J connectivity index is 1.51. The van der Waals surface area contributed by atoms with Gasteiger partial charge in [-0.25, -0.2) is 9.78 Å². The number of pyridine rings is 1. The number of aromatic nitrogens is 3. The summed E-state index contributed by atoms with van der Waals surface area (Å²) < 4.78 is 10.5. The molecule has 0 spiro atoms. The molecule has 9 nitrogen and oxygen atoms in total. The van der Waals surface area contributed by atoms with Crippen LogP contribution in [0.4, 0.5) is 10.6 Å². The lowest BCUT2D eigenvalue weighted by Crippen LogP contribution is -2.37. The summed E-state index contributed by atoms with van der Waals surface area (Å²) in [6.45, 7) is 5.53. The van der Waals surface area contributed by atoms with E-state index in [0.717, 1.165) is 25.0 Å². The van der Waals surface area contributed by atoms with Gasteiger partial charge in [-0.2, -0.15) is 5.10 Å². The number of anilines is 1. The van der Waals surface area contributed by atoms with E-state index in [1.807, 2.05) is 26.8 Å². The smallest absolute Gasteiger partial charge is 0.407 e. The van der Waals surface area contributed by atoms with Crippen molar-refractivity contribution in [3.8, 4) is 5.88 Å².